The van der Waals surface area contributed by atoms with Gasteiger partial charge < -0.3 is 0 Å². The van der Waals surface area contributed by atoms with Crippen LogP contribution in [-0.4, -0.2) is 143 Å². The van der Waals surface area contributed by atoms with E-state index in [1.54, 1.807) is 0 Å². The first-order valence-corrected chi connectivity index (χ1v) is 0. The second kappa shape index (κ2) is 85.5. The van der Waals surface area contributed by atoms with Crippen LogP contribution >= 0.6 is 0 Å². The van der Waals surface area contributed by atoms with Crippen LogP contribution in [0.2, 0.25) is 0 Å². The molecule has 0 saturated heterocycles. The molecule has 0 aliphatic carbocycles. The van der Waals surface area contributed by atoms with Gasteiger partial charge in [0, 0.05) is 229 Å². The van der Waals surface area contributed by atoms with Crippen molar-refractivity contribution >= 4 is 143 Å². The van der Waals surface area contributed by atoms with E-state index < -0.39 is 0 Å². The van der Waals surface area contributed by atoms with Crippen molar-refractivity contribution in [3.63, 3.8) is 0 Å². The van der Waals surface area contributed by atoms with Crippen molar-refractivity contribution in [2.75, 3.05) is 0 Å². The van der Waals surface area contributed by atoms with E-state index in [4.69, 9.17) is 0 Å². The van der Waals surface area contributed by atoms with Gasteiger partial charge in [0.05, 0.1) is 0 Å². The van der Waals surface area contributed by atoms with Crippen LogP contribution < -0.4 is 0 Å². The van der Waals surface area contributed by atoms with Crippen LogP contribution in [0.3, 0.4) is 0 Å². The van der Waals surface area contributed by atoms with Gasteiger partial charge in [0.15, 0.2) is 0 Å². The predicted molar refractivity (Wildman–Crippen MR) is 34.5 cm³/mol. The standard InChI is InChI=1S/5Cu.6Sn. The Morgan fingerprint density at radius 1 is 0.182 bits per heavy atom. The van der Waals surface area contributed by atoms with Crippen LogP contribution in [0.5, 0.6) is 0 Å². The zero-order valence-electron chi connectivity index (χ0n) is 4.51. The Labute approximate surface area is 223 Å². The minimum Gasteiger partial charge on any atom is 0 e. The topological polar surface area (TPSA) is 0 Å². The van der Waals surface area contributed by atoms with Gasteiger partial charge in [0.2, 0.25) is 0 Å². The van der Waals surface area contributed by atoms with Gasteiger partial charge in [0.25, 0.3) is 0 Å². The summed E-state index contributed by atoms with van der Waals surface area (Å²) in [7, 11) is 0. The largest absolute Gasteiger partial charge is 0 e. The van der Waals surface area contributed by atoms with Crippen molar-refractivity contribution in [3.8, 4) is 0 Å². The summed E-state index contributed by atoms with van der Waals surface area (Å²) < 4.78 is 0. The molecule has 0 amide bonds. The minimum atomic E-state index is 0. The Balaban J connectivity index is 0. The summed E-state index contributed by atoms with van der Waals surface area (Å²) in [5.74, 6) is 0. The van der Waals surface area contributed by atoms with E-state index in [0.717, 1.165) is 0 Å². The van der Waals surface area contributed by atoms with E-state index in [0.29, 0.717) is 0 Å². The fourth-order valence-corrected chi connectivity index (χ4v) is 0. The number of hydrogen-bond donors (Lipinski definition) is 0. The molecule has 0 unspecified atom stereocenters. The second-order valence-electron chi connectivity index (χ2n) is 0. The van der Waals surface area contributed by atoms with Gasteiger partial charge in [-0.15, -0.1) is 0 Å². The molecular formula is Cu5Sn6. The third kappa shape index (κ3) is 75.4. The zero-order chi connectivity index (χ0) is 0. The molecule has 11 heavy (non-hydrogen) atoms. The minimum absolute atomic E-state index is 0. The number of hydrogen-bond acceptors (Lipinski definition) is 0. The van der Waals surface area contributed by atoms with E-state index in [1.165, 1.54) is 0 Å². The SMILES string of the molecule is [Cu].[Cu].[Cu].[Cu].[Cu].[Sn].[Sn].[Sn].[Sn].[Sn].[Sn]. The maximum atomic E-state index is 0. The summed E-state index contributed by atoms with van der Waals surface area (Å²) in [4.78, 5) is 0. The van der Waals surface area contributed by atoms with Crippen molar-refractivity contribution in [1.29, 1.82) is 0 Å². The molecule has 79 valence electrons. The fourth-order valence-electron chi connectivity index (χ4n) is 0. The van der Waals surface area contributed by atoms with Gasteiger partial charge in [-0.3, -0.25) is 0 Å². The summed E-state index contributed by atoms with van der Waals surface area (Å²) in [5, 5.41) is 0. The summed E-state index contributed by atoms with van der Waals surface area (Å²) in [5.41, 5.74) is 0. The molecule has 0 aromatic heterocycles. The first-order chi connectivity index (χ1) is 0. The quantitative estimate of drug-likeness (QED) is 0.240. The Bertz CT molecular complexity index is 10.9. The predicted octanol–water partition coefficient (Wildman–Crippen LogP) is -2.30. The molecule has 0 nitrogen and oxygen atoms in total. The summed E-state index contributed by atoms with van der Waals surface area (Å²) >= 11 is 0. The third-order valence-electron chi connectivity index (χ3n) is 0. The molecule has 0 atom stereocenters. The van der Waals surface area contributed by atoms with Crippen LogP contribution in [0.4, 0.5) is 0 Å². The molecule has 0 aliphatic rings. The molecule has 0 fully saturated rings. The van der Waals surface area contributed by atoms with E-state index >= 15 is 0 Å². The molecule has 0 heterocycles. The number of rotatable bonds is 0. The van der Waals surface area contributed by atoms with Crippen molar-refractivity contribution in [2.45, 2.75) is 0 Å². The molecule has 0 N–H and O–H groups in total. The first-order valence-electron chi connectivity index (χ1n) is 0. The van der Waals surface area contributed by atoms with E-state index in [1.807, 2.05) is 0 Å². The van der Waals surface area contributed by atoms with Crippen LogP contribution in [0.1, 0.15) is 0 Å². The zero-order valence-corrected chi connectivity index (χ0v) is 26.3. The van der Waals surface area contributed by atoms with Crippen LogP contribution in [0, 0.1) is 0 Å². The van der Waals surface area contributed by atoms with E-state index in [-0.39, 0.29) is 229 Å². The van der Waals surface area contributed by atoms with Crippen molar-refractivity contribution in [3.05, 3.63) is 0 Å². The molecule has 0 aromatic rings. The second-order valence-corrected chi connectivity index (χ2v) is 0. The van der Waals surface area contributed by atoms with Gasteiger partial charge in [0.1, 0.15) is 0 Å². The van der Waals surface area contributed by atoms with Crippen LogP contribution in [0.25, 0.3) is 0 Å². The molecule has 0 rings (SSSR count). The van der Waals surface area contributed by atoms with E-state index in [9.17, 15) is 0 Å². The summed E-state index contributed by atoms with van der Waals surface area (Å²) in [6.07, 6.45) is 0. The van der Waals surface area contributed by atoms with Gasteiger partial charge in [-0.2, -0.15) is 0 Å². The van der Waals surface area contributed by atoms with Crippen LogP contribution in [-0.2, 0) is 85.3 Å². The molecule has 0 spiro atoms. The third-order valence-corrected chi connectivity index (χ3v) is 0. The van der Waals surface area contributed by atoms with Crippen molar-refractivity contribution < 1.29 is 85.3 Å². The summed E-state index contributed by atoms with van der Waals surface area (Å²) in [6, 6.07) is 0. The molecule has 0 aromatic carbocycles. The average molecular weight is 1030 g/mol. The maximum Gasteiger partial charge on any atom is 0 e. The molecule has 0 aliphatic heterocycles. The molecule has 0 saturated carbocycles. The van der Waals surface area contributed by atoms with Gasteiger partial charge in [-0.05, 0) is 0 Å². The maximum absolute atomic E-state index is 0. The fraction of sp³-hybridized carbons (Fsp3) is 0. The first kappa shape index (κ1) is 102. The molecule has 29 radical (unpaired) electrons. The Hall–Kier alpha value is 7.39. The Morgan fingerprint density at radius 2 is 0.182 bits per heavy atom. The molecule has 0 bridgehead atoms. The van der Waals surface area contributed by atoms with Crippen molar-refractivity contribution in [2.24, 2.45) is 0 Å². The average Bonchev–Trinajstić information content (AvgIpc) is 0. The van der Waals surface area contributed by atoms with Crippen LogP contribution in [0.15, 0.2) is 0 Å². The van der Waals surface area contributed by atoms with Gasteiger partial charge in [-0.1, -0.05) is 0 Å². The van der Waals surface area contributed by atoms with E-state index in [2.05, 4.69) is 0 Å². The van der Waals surface area contributed by atoms with Crippen molar-refractivity contribution in [1.82, 2.24) is 0 Å². The monoisotopic (exact) mass is 1030 g/mol. The molecule has 11 heteroatoms. The van der Waals surface area contributed by atoms with Gasteiger partial charge in [-0.25, -0.2) is 0 Å². The normalized spacial score (nSPS) is 0. The molecular weight excluding hydrogens is 1030 g/mol. The Morgan fingerprint density at radius 3 is 0.182 bits per heavy atom. The smallest absolute Gasteiger partial charge is 0 e. The Kier molecular flexibility index (Phi) is 792. The summed E-state index contributed by atoms with van der Waals surface area (Å²) in [6.45, 7) is 0. The van der Waals surface area contributed by atoms with Gasteiger partial charge >= 0.3 is 0 Å².